The molecule has 1 fully saturated rings. The van der Waals surface area contributed by atoms with Gasteiger partial charge in [-0.05, 0) is 48.4 Å². The van der Waals surface area contributed by atoms with Crippen LogP contribution in [-0.4, -0.2) is 60.5 Å². The third-order valence-electron chi connectivity index (χ3n) is 8.26. The van der Waals surface area contributed by atoms with Gasteiger partial charge < -0.3 is 15.3 Å². The van der Waals surface area contributed by atoms with Gasteiger partial charge in [-0.15, -0.1) is 0 Å². The molecule has 2 aliphatic rings. The van der Waals surface area contributed by atoms with E-state index in [4.69, 9.17) is 0 Å². The summed E-state index contributed by atoms with van der Waals surface area (Å²) in [6.07, 6.45) is 3.72. The van der Waals surface area contributed by atoms with Gasteiger partial charge in [0.2, 0.25) is 5.91 Å². The third-order valence-corrected chi connectivity index (χ3v) is 8.26. The largest absolute Gasteiger partial charge is 0.388 e. The van der Waals surface area contributed by atoms with Crippen LogP contribution in [0.15, 0.2) is 59.7 Å². The Morgan fingerprint density at radius 3 is 2.67 bits per heavy atom. The van der Waals surface area contributed by atoms with Gasteiger partial charge in [0, 0.05) is 44.4 Å². The van der Waals surface area contributed by atoms with Crippen LogP contribution >= 0.6 is 0 Å². The number of hydrogen-bond donors (Lipinski definition) is 2. The lowest BCUT2D eigenvalue weighted by Crippen LogP contribution is -2.49. The first-order valence-corrected chi connectivity index (χ1v) is 13.7. The van der Waals surface area contributed by atoms with E-state index < -0.39 is 5.60 Å². The Kier molecular flexibility index (Phi) is 6.46. The number of nitrogens with one attached hydrogen (secondary N) is 1. The minimum absolute atomic E-state index is 0.0945. The molecule has 0 unspecified atom stereocenters. The van der Waals surface area contributed by atoms with Crippen LogP contribution in [0.5, 0.6) is 0 Å². The number of aliphatic hydroxyl groups is 1. The quantitative estimate of drug-likeness (QED) is 0.399. The average molecular weight is 527 g/mol. The summed E-state index contributed by atoms with van der Waals surface area (Å²) in [7, 11) is 1.82. The maximum atomic E-state index is 13.4. The number of benzene rings is 2. The van der Waals surface area contributed by atoms with E-state index in [1.807, 2.05) is 48.3 Å². The highest BCUT2D eigenvalue weighted by Crippen LogP contribution is 2.31. The second-order valence-corrected chi connectivity index (χ2v) is 11.0. The Morgan fingerprint density at radius 2 is 1.90 bits per heavy atom. The van der Waals surface area contributed by atoms with E-state index in [1.54, 1.807) is 4.68 Å². The molecule has 4 heterocycles. The van der Waals surface area contributed by atoms with Gasteiger partial charge in [0.25, 0.3) is 5.56 Å². The summed E-state index contributed by atoms with van der Waals surface area (Å²) in [5.41, 5.74) is 4.81. The van der Waals surface area contributed by atoms with Crippen LogP contribution in [0.4, 0.5) is 5.69 Å². The van der Waals surface area contributed by atoms with Crippen LogP contribution in [-0.2, 0) is 24.8 Å². The van der Waals surface area contributed by atoms with E-state index >= 15 is 0 Å². The van der Waals surface area contributed by atoms with Gasteiger partial charge in [0.1, 0.15) is 5.52 Å². The first kappa shape index (κ1) is 25.3. The zero-order valence-corrected chi connectivity index (χ0v) is 22.4. The zero-order chi connectivity index (χ0) is 27.1. The number of likely N-dealkylation sites (tertiary alicyclic amines) is 1. The highest BCUT2D eigenvalue weighted by atomic mass is 16.3. The summed E-state index contributed by atoms with van der Waals surface area (Å²) < 4.78 is 3.17. The second-order valence-electron chi connectivity index (χ2n) is 11.0. The molecule has 6 rings (SSSR count). The summed E-state index contributed by atoms with van der Waals surface area (Å²) in [5.74, 6) is 0.227. The zero-order valence-electron chi connectivity index (χ0n) is 22.4. The third kappa shape index (κ3) is 4.83. The van der Waals surface area contributed by atoms with Crippen molar-refractivity contribution in [2.45, 2.75) is 50.7 Å². The van der Waals surface area contributed by atoms with Crippen LogP contribution in [0, 0.1) is 0 Å². The summed E-state index contributed by atoms with van der Waals surface area (Å²) in [4.78, 5) is 32.8. The Balaban J connectivity index is 1.16. The van der Waals surface area contributed by atoms with Crippen LogP contribution < -0.4 is 10.9 Å². The fourth-order valence-electron chi connectivity index (χ4n) is 5.92. The predicted octanol–water partition coefficient (Wildman–Crippen LogP) is 3.31. The van der Waals surface area contributed by atoms with Gasteiger partial charge in [0.15, 0.2) is 5.52 Å². The summed E-state index contributed by atoms with van der Waals surface area (Å²) in [6.45, 7) is 4.03. The number of carbonyl (C=O) groups excluding carboxylic acids is 1. The van der Waals surface area contributed by atoms with Crippen molar-refractivity contribution in [3.8, 4) is 11.3 Å². The van der Waals surface area contributed by atoms with Crippen molar-refractivity contribution in [3.05, 3.63) is 76.3 Å². The monoisotopic (exact) mass is 526 g/mol. The maximum absolute atomic E-state index is 13.4. The van der Waals surface area contributed by atoms with Crippen molar-refractivity contribution in [1.82, 2.24) is 24.2 Å². The number of fused-ring (bicyclic) bond motifs is 2. The van der Waals surface area contributed by atoms with E-state index in [-0.39, 0.29) is 23.9 Å². The number of anilines is 1. The van der Waals surface area contributed by atoms with Crippen LogP contribution in [0.3, 0.4) is 0 Å². The Hall–Kier alpha value is -3.98. The van der Waals surface area contributed by atoms with Crippen molar-refractivity contribution in [1.29, 1.82) is 0 Å². The minimum Gasteiger partial charge on any atom is -0.388 e. The van der Waals surface area contributed by atoms with E-state index in [2.05, 4.69) is 34.5 Å². The molecular formula is C30H34N6O3. The predicted molar refractivity (Wildman–Crippen MR) is 151 cm³/mol. The fourth-order valence-corrected chi connectivity index (χ4v) is 5.92. The molecule has 0 radical (unpaired) electrons. The van der Waals surface area contributed by atoms with E-state index in [9.17, 15) is 14.7 Å². The Labute approximate surface area is 227 Å². The van der Waals surface area contributed by atoms with Gasteiger partial charge >= 0.3 is 0 Å². The van der Waals surface area contributed by atoms with Gasteiger partial charge in [0.05, 0.1) is 24.2 Å². The molecular weight excluding hydrogens is 492 g/mol. The molecule has 1 atom stereocenters. The normalized spacial score (nSPS) is 17.2. The molecule has 1 amide bonds. The lowest BCUT2D eigenvalue weighted by atomic mass is 9.90. The molecule has 9 heteroatoms. The number of amides is 1. The van der Waals surface area contributed by atoms with Crippen molar-refractivity contribution < 1.29 is 9.90 Å². The van der Waals surface area contributed by atoms with Gasteiger partial charge in [-0.25, -0.2) is 4.98 Å². The van der Waals surface area contributed by atoms with E-state index in [1.165, 1.54) is 16.5 Å². The highest BCUT2D eigenvalue weighted by Gasteiger charge is 2.35. The van der Waals surface area contributed by atoms with Crippen LogP contribution in [0.1, 0.15) is 43.2 Å². The van der Waals surface area contributed by atoms with Gasteiger partial charge in [-0.1, -0.05) is 43.3 Å². The Morgan fingerprint density at radius 1 is 1.13 bits per heavy atom. The lowest BCUT2D eigenvalue weighted by Gasteiger charge is -2.38. The topological polar surface area (TPSA) is 105 Å². The maximum Gasteiger partial charge on any atom is 0.281 e. The molecule has 202 valence electrons. The first-order valence-electron chi connectivity index (χ1n) is 13.7. The van der Waals surface area contributed by atoms with Crippen molar-refractivity contribution in [2.75, 3.05) is 25.0 Å². The molecule has 2 N–H and O–H groups in total. The summed E-state index contributed by atoms with van der Waals surface area (Å²) in [6, 6.07) is 16.3. The van der Waals surface area contributed by atoms with E-state index in [0.717, 1.165) is 35.5 Å². The minimum atomic E-state index is -1.09. The number of aryl methyl sites for hydroxylation is 1. The summed E-state index contributed by atoms with van der Waals surface area (Å²) >= 11 is 0. The molecule has 0 aliphatic carbocycles. The highest BCUT2D eigenvalue weighted by molar-refractivity contribution is 5.90. The standard InChI is InChI=1S/C30H34N6O3/c1-20(21-6-4-3-5-7-21)16-25(37)35-14-11-30(39,12-15-35)18-36-19-32-26-27(29(36)38)33-34(2)28(26)23-8-9-24-22(17-23)10-13-31-24/h3-9,17,19-20,31,39H,10-16,18H2,1-2H3/t20-/m1/s1. The SMILES string of the molecule is C[C@H](CC(=O)N1CCC(O)(Cn2cnc3c(-c4ccc5c(c4)CCN5)n(C)nc3c2=O)CC1)c1ccccc1. The van der Waals surface area contributed by atoms with Crippen LogP contribution in [0.2, 0.25) is 0 Å². The lowest BCUT2D eigenvalue weighted by molar-refractivity contribution is -0.136. The fraction of sp³-hybridized carbons (Fsp3) is 0.400. The number of carbonyl (C=O) groups is 1. The first-order chi connectivity index (χ1) is 18.8. The molecule has 2 aromatic heterocycles. The number of piperidine rings is 1. The molecule has 9 nitrogen and oxygen atoms in total. The molecule has 0 spiro atoms. The number of nitrogens with zero attached hydrogens (tertiary/aromatic N) is 5. The molecule has 2 aromatic carbocycles. The van der Waals surface area contributed by atoms with Gasteiger partial charge in [-0.3, -0.25) is 18.8 Å². The molecule has 39 heavy (non-hydrogen) atoms. The van der Waals surface area contributed by atoms with Gasteiger partial charge in [-0.2, -0.15) is 5.10 Å². The molecule has 4 aromatic rings. The molecule has 0 saturated carbocycles. The van der Waals surface area contributed by atoms with Crippen molar-refractivity contribution in [2.24, 2.45) is 7.05 Å². The number of hydrogen-bond acceptors (Lipinski definition) is 6. The number of aromatic nitrogens is 4. The molecule has 2 aliphatic heterocycles. The molecule has 0 bridgehead atoms. The van der Waals surface area contributed by atoms with Crippen molar-refractivity contribution in [3.63, 3.8) is 0 Å². The van der Waals surface area contributed by atoms with Crippen LogP contribution in [0.25, 0.3) is 22.3 Å². The smallest absolute Gasteiger partial charge is 0.281 e. The van der Waals surface area contributed by atoms with E-state index in [0.29, 0.717) is 43.4 Å². The Bertz CT molecular complexity index is 1580. The number of rotatable bonds is 6. The molecule has 1 saturated heterocycles. The van der Waals surface area contributed by atoms with Crippen molar-refractivity contribution >= 4 is 22.6 Å². The second kappa shape index (κ2) is 9.96. The summed E-state index contributed by atoms with van der Waals surface area (Å²) in [5, 5.41) is 19.2. The average Bonchev–Trinajstić information content (AvgIpc) is 3.54.